The number of anilines is 1. The number of halogens is 1. The van der Waals surface area contributed by atoms with Crippen molar-refractivity contribution in [3.63, 3.8) is 0 Å². The fourth-order valence-electron chi connectivity index (χ4n) is 3.98. The topological polar surface area (TPSA) is 117 Å². The molecule has 0 unspecified atom stereocenters. The summed E-state index contributed by atoms with van der Waals surface area (Å²) >= 11 is 0. The van der Waals surface area contributed by atoms with E-state index < -0.39 is 18.0 Å². The Morgan fingerprint density at radius 1 is 1.19 bits per heavy atom. The molecule has 0 radical (unpaired) electrons. The Morgan fingerprint density at radius 2 is 2.08 bits per heavy atom. The number of hydrogen-bond donors (Lipinski definition) is 0. The number of ether oxygens (including phenoxy) is 2. The minimum atomic E-state index is -0.552. The molecule has 1 atom stereocenters. The molecule has 0 aliphatic carbocycles. The van der Waals surface area contributed by atoms with Gasteiger partial charge in [-0.3, -0.25) is 14.7 Å². The summed E-state index contributed by atoms with van der Waals surface area (Å²) < 4.78 is 28.7. The predicted octanol–water partition coefficient (Wildman–Crippen LogP) is 2.73. The summed E-state index contributed by atoms with van der Waals surface area (Å²) in [5.41, 5.74) is 1.45. The van der Waals surface area contributed by atoms with E-state index in [2.05, 4.69) is 20.3 Å². The molecule has 1 aliphatic rings. The van der Waals surface area contributed by atoms with Gasteiger partial charge in [-0.05, 0) is 24.3 Å². The van der Waals surface area contributed by atoms with Crippen molar-refractivity contribution in [1.29, 1.82) is 0 Å². The summed E-state index contributed by atoms with van der Waals surface area (Å²) in [6.07, 6.45) is 6.99. The van der Waals surface area contributed by atoms with Crippen molar-refractivity contribution < 1.29 is 23.5 Å². The third-order valence-corrected chi connectivity index (χ3v) is 5.75. The first-order chi connectivity index (χ1) is 17.5. The number of imidazole rings is 1. The molecule has 0 saturated carbocycles. The van der Waals surface area contributed by atoms with Crippen LogP contribution in [0.3, 0.4) is 0 Å². The fraction of sp³-hybridized carbons (Fsp3) is 0.250. The number of Topliss-reactive ketones (excluding diaryl/α,β-unsaturated/α-hetero) is 1. The number of cyclic esters (lactones) is 1. The van der Waals surface area contributed by atoms with Crippen molar-refractivity contribution in [3.8, 4) is 11.1 Å². The number of hydrogen-bond acceptors (Lipinski definition) is 8. The Morgan fingerprint density at radius 3 is 2.81 bits per heavy atom. The van der Waals surface area contributed by atoms with Crippen molar-refractivity contribution in [3.05, 3.63) is 78.7 Å². The number of nitrogens with zero attached hydrogens (tertiary/aromatic N) is 7. The molecule has 1 amide bonds. The molecule has 3 aromatic heterocycles. The van der Waals surface area contributed by atoms with Crippen LogP contribution in [0, 0.1) is 5.82 Å². The van der Waals surface area contributed by atoms with Crippen LogP contribution < -0.4 is 4.90 Å². The molecule has 1 fully saturated rings. The van der Waals surface area contributed by atoms with Gasteiger partial charge in [0, 0.05) is 43.0 Å². The maximum atomic E-state index is 15.0. The molecule has 4 aromatic rings. The first-order valence-corrected chi connectivity index (χ1v) is 11.1. The molecule has 1 aromatic carbocycles. The molecule has 5 rings (SSSR count). The van der Waals surface area contributed by atoms with E-state index in [1.165, 1.54) is 17.2 Å². The standard InChI is InChI=1S/C24H22FN7O4/c1-35-15-23-26-6-8-30(23)14-22(33)21-5-2-16(11-27-21)19-4-3-17(10-20(19)25)32-13-18(36-24(32)34)12-31-9-7-28-29-31/h2-11,18H,12-15H2,1H3/t18-/m0/s1. The first kappa shape index (κ1) is 23.3. The van der Waals surface area contributed by atoms with Gasteiger partial charge in [0.15, 0.2) is 0 Å². The van der Waals surface area contributed by atoms with E-state index >= 15 is 4.39 Å². The van der Waals surface area contributed by atoms with Crippen LogP contribution in [0.25, 0.3) is 11.1 Å². The fourth-order valence-corrected chi connectivity index (χ4v) is 3.98. The van der Waals surface area contributed by atoms with E-state index in [4.69, 9.17) is 9.47 Å². The summed E-state index contributed by atoms with van der Waals surface area (Å²) in [6.45, 7) is 0.977. The Hall–Kier alpha value is -4.45. The maximum absolute atomic E-state index is 15.0. The third kappa shape index (κ3) is 4.84. The highest BCUT2D eigenvalue weighted by atomic mass is 19.1. The molecule has 36 heavy (non-hydrogen) atoms. The number of aromatic nitrogens is 6. The molecular formula is C24H22FN7O4. The Labute approximate surface area is 205 Å². The maximum Gasteiger partial charge on any atom is 0.414 e. The van der Waals surface area contributed by atoms with Gasteiger partial charge in [-0.15, -0.1) is 5.10 Å². The van der Waals surface area contributed by atoms with Crippen molar-refractivity contribution in [2.45, 2.75) is 25.8 Å². The number of pyridine rings is 1. The SMILES string of the molecule is COCc1nccn1CC(=O)c1ccc(-c2ccc(N3C[C@H](Cn4ccnn4)OC3=O)cc2F)cn1. The Bertz CT molecular complexity index is 1370. The van der Waals surface area contributed by atoms with Gasteiger partial charge in [-0.1, -0.05) is 11.3 Å². The molecule has 0 N–H and O–H groups in total. The van der Waals surface area contributed by atoms with Crippen LogP contribution >= 0.6 is 0 Å². The number of methoxy groups -OCH3 is 1. The summed E-state index contributed by atoms with van der Waals surface area (Å²) in [7, 11) is 1.56. The second-order valence-electron chi connectivity index (χ2n) is 8.17. The van der Waals surface area contributed by atoms with Gasteiger partial charge in [0.25, 0.3) is 0 Å². The van der Waals surface area contributed by atoms with Crippen molar-refractivity contribution in [2.75, 3.05) is 18.6 Å². The normalized spacial score (nSPS) is 15.3. The second-order valence-corrected chi connectivity index (χ2v) is 8.17. The monoisotopic (exact) mass is 491 g/mol. The second kappa shape index (κ2) is 10.0. The van der Waals surface area contributed by atoms with Crippen LogP contribution in [0.15, 0.2) is 61.3 Å². The highest BCUT2D eigenvalue weighted by molar-refractivity contribution is 5.94. The molecule has 1 aliphatic heterocycles. The molecule has 11 nitrogen and oxygen atoms in total. The minimum Gasteiger partial charge on any atom is -0.442 e. The summed E-state index contributed by atoms with van der Waals surface area (Å²) in [4.78, 5) is 34.8. The molecular weight excluding hydrogens is 469 g/mol. The zero-order chi connectivity index (χ0) is 25.1. The number of amides is 1. The van der Waals surface area contributed by atoms with E-state index in [1.807, 2.05) is 0 Å². The highest BCUT2D eigenvalue weighted by Gasteiger charge is 2.33. The molecule has 0 spiro atoms. The smallest absolute Gasteiger partial charge is 0.414 e. The molecule has 12 heteroatoms. The summed E-state index contributed by atoms with van der Waals surface area (Å²) in [6, 6.07) is 7.70. The lowest BCUT2D eigenvalue weighted by atomic mass is 10.1. The van der Waals surface area contributed by atoms with Gasteiger partial charge >= 0.3 is 6.09 Å². The van der Waals surface area contributed by atoms with Crippen molar-refractivity contribution >= 4 is 17.6 Å². The Balaban J connectivity index is 1.27. The van der Waals surface area contributed by atoms with E-state index in [1.54, 1.807) is 65.4 Å². The number of rotatable bonds is 9. The number of ketones is 1. The van der Waals surface area contributed by atoms with Gasteiger partial charge in [0.1, 0.15) is 30.0 Å². The largest absolute Gasteiger partial charge is 0.442 e. The molecule has 0 bridgehead atoms. The third-order valence-electron chi connectivity index (χ3n) is 5.75. The highest BCUT2D eigenvalue weighted by Crippen LogP contribution is 2.29. The van der Waals surface area contributed by atoms with Gasteiger partial charge in [-0.2, -0.15) is 0 Å². The summed E-state index contributed by atoms with van der Waals surface area (Å²) in [5, 5.41) is 7.60. The average molecular weight is 491 g/mol. The van der Waals surface area contributed by atoms with E-state index in [9.17, 15) is 9.59 Å². The van der Waals surface area contributed by atoms with Crippen LogP contribution in [0.5, 0.6) is 0 Å². The van der Waals surface area contributed by atoms with Gasteiger partial charge in [0.05, 0.1) is 31.5 Å². The van der Waals surface area contributed by atoms with Crippen LogP contribution in [0.2, 0.25) is 0 Å². The van der Waals surface area contributed by atoms with Crippen molar-refractivity contribution in [1.82, 2.24) is 29.5 Å². The summed E-state index contributed by atoms with van der Waals surface area (Å²) in [5.74, 6) is -0.0968. The number of benzene rings is 1. The molecule has 4 heterocycles. The predicted molar refractivity (Wildman–Crippen MR) is 125 cm³/mol. The number of carbonyl (C=O) groups excluding carboxylic acids is 2. The van der Waals surface area contributed by atoms with Gasteiger partial charge < -0.3 is 14.0 Å². The van der Waals surface area contributed by atoms with E-state index in [-0.39, 0.29) is 24.6 Å². The van der Waals surface area contributed by atoms with E-state index in [0.29, 0.717) is 35.8 Å². The zero-order valence-electron chi connectivity index (χ0n) is 19.3. The minimum absolute atomic E-state index is 0.0674. The molecule has 184 valence electrons. The quantitative estimate of drug-likeness (QED) is 0.328. The van der Waals surface area contributed by atoms with Gasteiger partial charge in [0.2, 0.25) is 5.78 Å². The average Bonchev–Trinajstić information content (AvgIpc) is 3.62. The lowest BCUT2D eigenvalue weighted by Gasteiger charge is -2.14. The van der Waals surface area contributed by atoms with E-state index in [0.717, 1.165) is 0 Å². The van der Waals surface area contributed by atoms with Crippen LogP contribution in [0.4, 0.5) is 14.9 Å². The van der Waals surface area contributed by atoms with Crippen LogP contribution in [-0.4, -0.2) is 61.2 Å². The van der Waals surface area contributed by atoms with Crippen molar-refractivity contribution in [2.24, 2.45) is 0 Å². The van der Waals surface area contributed by atoms with Crippen LogP contribution in [0.1, 0.15) is 16.3 Å². The number of carbonyl (C=O) groups is 2. The lowest BCUT2D eigenvalue weighted by Crippen LogP contribution is -2.26. The zero-order valence-corrected chi connectivity index (χ0v) is 19.3. The Kier molecular flexibility index (Phi) is 6.50. The van der Waals surface area contributed by atoms with Gasteiger partial charge in [-0.25, -0.2) is 18.9 Å². The first-order valence-electron chi connectivity index (χ1n) is 11.1. The molecule has 1 saturated heterocycles. The van der Waals surface area contributed by atoms with Crippen LogP contribution in [-0.2, 0) is 29.2 Å². The lowest BCUT2D eigenvalue weighted by molar-refractivity contribution is 0.0962.